The largest absolute Gasteiger partial charge is 0.357 e. The lowest BCUT2D eigenvalue weighted by atomic mass is 10.0. The number of hydrogen-bond donors (Lipinski definition) is 1. The van der Waals surface area contributed by atoms with Crippen molar-refractivity contribution in [3.63, 3.8) is 0 Å². The minimum atomic E-state index is -3.59. The fourth-order valence-electron chi connectivity index (χ4n) is 4.53. The Kier molecular flexibility index (Phi) is 11.0. The second kappa shape index (κ2) is 14.0. The first-order valence-electron chi connectivity index (χ1n) is 12.9. The third-order valence-electron chi connectivity index (χ3n) is 6.64. The fourth-order valence-corrected chi connectivity index (χ4v) is 5.86. The van der Waals surface area contributed by atoms with Gasteiger partial charge in [-0.05, 0) is 60.7 Å². The van der Waals surface area contributed by atoms with Gasteiger partial charge in [-0.2, -0.15) is 0 Å². The van der Waals surface area contributed by atoms with Gasteiger partial charge in [-0.3, -0.25) is 13.9 Å². The van der Waals surface area contributed by atoms with Crippen LogP contribution in [0.1, 0.15) is 35.1 Å². The molecule has 1 atom stereocenters. The van der Waals surface area contributed by atoms with Crippen LogP contribution in [0.2, 0.25) is 10.0 Å². The molecule has 0 heterocycles. The number of benzene rings is 3. The average Bonchev–Trinajstić information content (AvgIpc) is 2.91. The number of hydrogen-bond acceptors (Lipinski definition) is 4. The van der Waals surface area contributed by atoms with E-state index in [1.54, 1.807) is 18.2 Å². The van der Waals surface area contributed by atoms with E-state index in [9.17, 15) is 18.0 Å². The predicted molar refractivity (Wildman–Crippen MR) is 162 cm³/mol. The highest BCUT2D eigenvalue weighted by Gasteiger charge is 2.30. The number of nitrogens with zero attached hydrogens (tertiary/aromatic N) is 2. The van der Waals surface area contributed by atoms with Crippen molar-refractivity contribution >= 4 is 50.7 Å². The van der Waals surface area contributed by atoms with Crippen molar-refractivity contribution < 1.29 is 18.0 Å². The van der Waals surface area contributed by atoms with Gasteiger partial charge in [0.05, 0.1) is 22.0 Å². The summed E-state index contributed by atoms with van der Waals surface area (Å²) in [6.45, 7) is 4.01. The zero-order valence-electron chi connectivity index (χ0n) is 23.2. The molecule has 1 N–H and O–H groups in total. The molecule has 3 aromatic rings. The highest BCUT2D eigenvalue weighted by atomic mass is 35.5. The van der Waals surface area contributed by atoms with E-state index in [-0.39, 0.29) is 37.7 Å². The summed E-state index contributed by atoms with van der Waals surface area (Å²) in [5.74, 6) is -0.574. The van der Waals surface area contributed by atoms with Crippen LogP contribution >= 0.6 is 23.2 Å². The van der Waals surface area contributed by atoms with Crippen LogP contribution in [-0.2, 0) is 32.6 Å². The molecule has 214 valence electrons. The van der Waals surface area contributed by atoms with Crippen LogP contribution in [0.3, 0.4) is 0 Å². The zero-order valence-corrected chi connectivity index (χ0v) is 25.5. The summed E-state index contributed by atoms with van der Waals surface area (Å²) in [6, 6.07) is 19.4. The highest BCUT2D eigenvalue weighted by molar-refractivity contribution is 7.92. The summed E-state index contributed by atoms with van der Waals surface area (Å²) in [6.07, 6.45) is 1.78. The van der Waals surface area contributed by atoms with Gasteiger partial charge in [0.25, 0.3) is 0 Å². The van der Waals surface area contributed by atoms with Gasteiger partial charge in [-0.1, -0.05) is 71.7 Å². The van der Waals surface area contributed by atoms with Gasteiger partial charge in [0.15, 0.2) is 0 Å². The fraction of sp³-hybridized carbons (Fsp3) is 0.333. The maximum atomic E-state index is 13.8. The Labute approximate surface area is 247 Å². The summed E-state index contributed by atoms with van der Waals surface area (Å²) in [4.78, 5) is 28.4. The van der Waals surface area contributed by atoms with Gasteiger partial charge < -0.3 is 10.2 Å². The van der Waals surface area contributed by atoms with Crippen molar-refractivity contribution in [1.82, 2.24) is 10.2 Å². The average molecular weight is 605 g/mol. The number of amides is 2. The zero-order chi connectivity index (χ0) is 29.4. The smallest absolute Gasteiger partial charge is 0.242 e. The van der Waals surface area contributed by atoms with Crippen LogP contribution in [0.15, 0.2) is 66.7 Å². The molecule has 10 heteroatoms. The number of anilines is 1. The maximum Gasteiger partial charge on any atom is 0.242 e. The number of halogens is 2. The van der Waals surface area contributed by atoms with Gasteiger partial charge in [-0.15, -0.1) is 0 Å². The Balaban J connectivity index is 1.88. The molecule has 0 aromatic heterocycles. The third kappa shape index (κ3) is 8.46. The molecule has 0 spiro atoms. The number of carbonyl (C=O) groups excluding carboxylic acids is 2. The minimum Gasteiger partial charge on any atom is -0.357 e. The lowest BCUT2D eigenvalue weighted by molar-refractivity contribution is -0.141. The summed E-state index contributed by atoms with van der Waals surface area (Å²) in [5.41, 5.74) is 3.98. The molecule has 40 heavy (non-hydrogen) atoms. The molecule has 0 aliphatic heterocycles. The van der Waals surface area contributed by atoms with E-state index >= 15 is 0 Å². The summed E-state index contributed by atoms with van der Waals surface area (Å²) in [7, 11) is -2.05. The molecule has 0 radical (unpaired) electrons. The standard InChI is InChI=1S/C30H35Cl2N3O4S/c1-21-12-13-22(2)27(17-21)35(40(4,38)39)16-8-11-29(36)34(20-24-14-15-25(31)26(32)18-24)28(30(37)33-3)19-23-9-6-5-7-10-23/h5-7,9-10,12-15,17-18,28H,8,11,16,19-20H2,1-4H3,(H,33,37)/t28-/m1/s1. The number of sulfonamides is 1. The van der Waals surface area contributed by atoms with Crippen LogP contribution in [0, 0.1) is 13.8 Å². The maximum absolute atomic E-state index is 13.8. The number of carbonyl (C=O) groups is 2. The van der Waals surface area contributed by atoms with E-state index in [4.69, 9.17) is 23.2 Å². The molecule has 0 aliphatic carbocycles. The summed E-state index contributed by atoms with van der Waals surface area (Å²) < 4.78 is 26.7. The topological polar surface area (TPSA) is 86.8 Å². The number of aryl methyl sites for hydroxylation is 2. The Morgan fingerprint density at radius 1 is 0.925 bits per heavy atom. The molecule has 3 aromatic carbocycles. The number of rotatable bonds is 12. The minimum absolute atomic E-state index is 0.0422. The van der Waals surface area contributed by atoms with Crippen LogP contribution in [-0.4, -0.2) is 51.0 Å². The van der Waals surface area contributed by atoms with E-state index in [2.05, 4.69) is 5.32 Å². The quantitative estimate of drug-likeness (QED) is 0.294. The molecule has 0 unspecified atom stereocenters. The van der Waals surface area contributed by atoms with E-state index in [1.165, 1.54) is 16.3 Å². The Hall–Kier alpha value is -3.07. The molecular weight excluding hydrogens is 569 g/mol. The predicted octanol–water partition coefficient (Wildman–Crippen LogP) is 5.54. The van der Waals surface area contributed by atoms with E-state index in [0.717, 1.165) is 28.5 Å². The molecule has 7 nitrogen and oxygen atoms in total. The Morgan fingerprint density at radius 2 is 1.62 bits per heavy atom. The lowest BCUT2D eigenvalue weighted by Crippen LogP contribution is -2.49. The SMILES string of the molecule is CNC(=O)[C@@H](Cc1ccccc1)N(Cc1ccc(Cl)c(Cl)c1)C(=O)CCCN(c1cc(C)ccc1C)S(C)(=O)=O. The summed E-state index contributed by atoms with van der Waals surface area (Å²) >= 11 is 12.3. The van der Waals surface area contributed by atoms with Gasteiger partial charge in [-0.25, -0.2) is 8.42 Å². The van der Waals surface area contributed by atoms with Gasteiger partial charge >= 0.3 is 0 Å². The molecule has 0 aliphatic rings. The van der Waals surface area contributed by atoms with Gasteiger partial charge in [0.2, 0.25) is 21.8 Å². The van der Waals surface area contributed by atoms with Crippen LogP contribution in [0.4, 0.5) is 5.69 Å². The van der Waals surface area contributed by atoms with Crippen molar-refractivity contribution in [2.75, 3.05) is 24.2 Å². The molecule has 0 saturated carbocycles. The van der Waals surface area contributed by atoms with Crippen molar-refractivity contribution in [2.45, 2.75) is 45.7 Å². The second-order valence-electron chi connectivity index (χ2n) is 9.82. The number of nitrogens with one attached hydrogen (secondary N) is 1. The normalized spacial score (nSPS) is 12.1. The number of likely N-dealkylation sites (N-methyl/N-ethyl adjacent to an activating group) is 1. The molecule has 0 fully saturated rings. The van der Waals surface area contributed by atoms with E-state index in [0.29, 0.717) is 22.2 Å². The Bertz CT molecular complexity index is 1450. The monoisotopic (exact) mass is 603 g/mol. The van der Waals surface area contributed by atoms with Crippen LogP contribution < -0.4 is 9.62 Å². The van der Waals surface area contributed by atoms with Crippen molar-refractivity contribution in [2.24, 2.45) is 0 Å². The van der Waals surface area contributed by atoms with Crippen LogP contribution in [0.25, 0.3) is 0 Å². The van der Waals surface area contributed by atoms with E-state index < -0.39 is 16.1 Å². The van der Waals surface area contributed by atoms with Crippen molar-refractivity contribution in [3.8, 4) is 0 Å². The van der Waals surface area contributed by atoms with Crippen LogP contribution in [0.5, 0.6) is 0 Å². The van der Waals surface area contributed by atoms with Crippen molar-refractivity contribution in [3.05, 3.63) is 99.0 Å². The third-order valence-corrected chi connectivity index (χ3v) is 8.56. The molecule has 3 rings (SSSR count). The molecular formula is C30H35Cl2N3O4S. The molecule has 2 amide bonds. The second-order valence-corrected chi connectivity index (χ2v) is 12.5. The Morgan fingerprint density at radius 3 is 2.25 bits per heavy atom. The highest BCUT2D eigenvalue weighted by Crippen LogP contribution is 2.26. The first kappa shape index (κ1) is 31.5. The van der Waals surface area contributed by atoms with Gasteiger partial charge in [0.1, 0.15) is 6.04 Å². The first-order chi connectivity index (χ1) is 18.9. The van der Waals surface area contributed by atoms with Gasteiger partial charge in [0, 0.05) is 33.0 Å². The molecule has 0 bridgehead atoms. The first-order valence-corrected chi connectivity index (χ1v) is 15.5. The van der Waals surface area contributed by atoms with Crippen molar-refractivity contribution in [1.29, 1.82) is 0 Å². The lowest BCUT2D eigenvalue weighted by Gasteiger charge is -2.32. The molecule has 0 saturated heterocycles. The summed E-state index contributed by atoms with van der Waals surface area (Å²) in [5, 5.41) is 3.43. The van der Waals surface area contributed by atoms with E-state index in [1.807, 2.05) is 62.4 Å².